The molecule has 3 nitrogen and oxygen atoms in total. The first kappa shape index (κ1) is 17.9. The van der Waals surface area contributed by atoms with E-state index in [-0.39, 0.29) is 11.9 Å². The van der Waals surface area contributed by atoms with Gasteiger partial charge in [-0.25, -0.2) is 0 Å². The van der Waals surface area contributed by atoms with Crippen LogP contribution in [0.5, 0.6) is 0 Å². The van der Waals surface area contributed by atoms with Crippen molar-refractivity contribution >= 4 is 40.2 Å². The summed E-state index contributed by atoms with van der Waals surface area (Å²) in [5.41, 5.74) is 2.75. The molecule has 3 rings (SSSR count). The quantitative estimate of drug-likeness (QED) is 0.593. The third kappa shape index (κ3) is 4.02. The van der Waals surface area contributed by atoms with E-state index in [2.05, 4.69) is 35.4 Å². The molecule has 1 aromatic heterocycles. The molecule has 0 radical (unpaired) electrons. The average molecular weight is 373 g/mol. The molecule has 0 spiro atoms. The van der Waals surface area contributed by atoms with Gasteiger partial charge in [0.1, 0.15) is 5.69 Å². The van der Waals surface area contributed by atoms with Crippen LogP contribution in [-0.4, -0.2) is 16.9 Å². The SMILES string of the molecule is CC[C@H](C)NC(=O)c1[nH]c2cc(C)ccc2c1Sc1ccc(Cl)cc1. The van der Waals surface area contributed by atoms with Crippen LogP contribution in [-0.2, 0) is 0 Å². The smallest absolute Gasteiger partial charge is 0.269 e. The van der Waals surface area contributed by atoms with Crippen molar-refractivity contribution in [3.05, 3.63) is 58.7 Å². The maximum Gasteiger partial charge on any atom is 0.269 e. The minimum absolute atomic E-state index is 0.0698. The Morgan fingerprint density at radius 1 is 1.24 bits per heavy atom. The zero-order valence-electron chi connectivity index (χ0n) is 14.5. The third-order valence-electron chi connectivity index (χ3n) is 4.16. The second-order valence-electron chi connectivity index (χ2n) is 6.22. The van der Waals surface area contributed by atoms with Crippen LogP contribution >= 0.6 is 23.4 Å². The van der Waals surface area contributed by atoms with Crippen molar-refractivity contribution in [1.29, 1.82) is 0 Å². The molecular formula is C20H21ClN2OS. The number of aromatic amines is 1. The highest BCUT2D eigenvalue weighted by molar-refractivity contribution is 7.99. The van der Waals surface area contributed by atoms with Gasteiger partial charge in [0, 0.05) is 26.9 Å². The Morgan fingerprint density at radius 2 is 1.96 bits per heavy atom. The average Bonchev–Trinajstić information content (AvgIpc) is 2.94. The fraction of sp³-hybridized carbons (Fsp3) is 0.250. The number of hydrogen-bond donors (Lipinski definition) is 2. The molecule has 0 aliphatic heterocycles. The summed E-state index contributed by atoms with van der Waals surface area (Å²) in [7, 11) is 0. The highest BCUT2D eigenvalue weighted by Crippen LogP contribution is 2.37. The molecule has 0 fully saturated rings. The molecule has 0 aliphatic carbocycles. The number of amides is 1. The van der Waals surface area contributed by atoms with Gasteiger partial charge in [0.15, 0.2) is 0 Å². The molecule has 2 aromatic carbocycles. The van der Waals surface area contributed by atoms with Crippen LogP contribution in [0, 0.1) is 6.92 Å². The number of nitrogens with one attached hydrogen (secondary N) is 2. The van der Waals surface area contributed by atoms with Crippen molar-refractivity contribution in [2.24, 2.45) is 0 Å². The Morgan fingerprint density at radius 3 is 2.64 bits per heavy atom. The number of hydrogen-bond acceptors (Lipinski definition) is 2. The van der Waals surface area contributed by atoms with Crippen LogP contribution < -0.4 is 5.32 Å². The van der Waals surface area contributed by atoms with Gasteiger partial charge in [-0.3, -0.25) is 4.79 Å². The van der Waals surface area contributed by atoms with Gasteiger partial charge in [-0.2, -0.15) is 0 Å². The number of carbonyl (C=O) groups is 1. The lowest BCUT2D eigenvalue weighted by Gasteiger charge is -2.11. The summed E-state index contributed by atoms with van der Waals surface area (Å²) < 4.78 is 0. The highest BCUT2D eigenvalue weighted by atomic mass is 35.5. The Bertz CT molecular complexity index is 902. The highest BCUT2D eigenvalue weighted by Gasteiger charge is 2.20. The molecule has 5 heteroatoms. The zero-order chi connectivity index (χ0) is 18.0. The van der Waals surface area contributed by atoms with E-state index in [0.717, 1.165) is 32.7 Å². The van der Waals surface area contributed by atoms with Crippen molar-refractivity contribution in [2.75, 3.05) is 0 Å². The summed E-state index contributed by atoms with van der Waals surface area (Å²) in [5, 5.41) is 4.81. The predicted molar refractivity (Wildman–Crippen MR) is 106 cm³/mol. The number of fused-ring (bicyclic) bond motifs is 1. The number of H-pyrrole nitrogens is 1. The Hall–Kier alpha value is -1.91. The second-order valence-corrected chi connectivity index (χ2v) is 7.74. The van der Waals surface area contributed by atoms with E-state index in [1.807, 2.05) is 38.1 Å². The second kappa shape index (κ2) is 7.54. The number of halogens is 1. The van der Waals surface area contributed by atoms with E-state index >= 15 is 0 Å². The number of aryl methyl sites for hydroxylation is 1. The minimum Gasteiger partial charge on any atom is -0.350 e. The van der Waals surface area contributed by atoms with Gasteiger partial charge in [-0.1, -0.05) is 42.4 Å². The molecular weight excluding hydrogens is 352 g/mol. The molecule has 0 bridgehead atoms. The van der Waals surface area contributed by atoms with E-state index in [0.29, 0.717) is 10.7 Å². The standard InChI is InChI=1S/C20H21ClN2OS/c1-4-13(3)22-20(24)18-19(25-15-8-6-14(21)7-9-15)16-10-5-12(2)11-17(16)23-18/h5-11,13,23H,4H2,1-3H3,(H,22,24)/t13-/m0/s1. The first-order valence-corrected chi connectivity index (χ1v) is 9.54. The van der Waals surface area contributed by atoms with Gasteiger partial charge in [-0.05, 0) is 56.2 Å². The summed E-state index contributed by atoms with van der Waals surface area (Å²) in [6.07, 6.45) is 0.894. The summed E-state index contributed by atoms with van der Waals surface area (Å²) in [5.74, 6) is -0.0698. The normalized spacial score (nSPS) is 12.3. The summed E-state index contributed by atoms with van der Waals surface area (Å²) >= 11 is 7.56. The van der Waals surface area contributed by atoms with Crippen molar-refractivity contribution in [1.82, 2.24) is 10.3 Å². The molecule has 0 saturated carbocycles. The molecule has 1 heterocycles. The van der Waals surface area contributed by atoms with Crippen LogP contribution in [0.3, 0.4) is 0 Å². The van der Waals surface area contributed by atoms with E-state index in [9.17, 15) is 4.79 Å². The maximum absolute atomic E-state index is 12.8. The van der Waals surface area contributed by atoms with Gasteiger partial charge >= 0.3 is 0 Å². The van der Waals surface area contributed by atoms with Crippen molar-refractivity contribution in [3.63, 3.8) is 0 Å². The molecule has 0 unspecified atom stereocenters. The molecule has 1 amide bonds. The van der Waals surface area contributed by atoms with E-state index in [1.54, 1.807) is 11.8 Å². The number of carbonyl (C=O) groups excluding carboxylic acids is 1. The van der Waals surface area contributed by atoms with Crippen molar-refractivity contribution < 1.29 is 4.79 Å². The van der Waals surface area contributed by atoms with Gasteiger partial charge in [0.05, 0.1) is 4.90 Å². The molecule has 1 atom stereocenters. The number of aromatic nitrogens is 1. The fourth-order valence-electron chi connectivity index (χ4n) is 2.57. The molecule has 2 N–H and O–H groups in total. The lowest BCUT2D eigenvalue weighted by Crippen LogP contribution is -2.32. The van der Waals surface area contributed by atoms with Crippen LogP contribution in [0.2, 0.25) is 5.02 Å². The summed E-state index contributed by atoms with van der Waals surface area (Å²) in [6, 6.07) is 14.0. The Balaban J connectivity index is 2.05. The van der Waals surface area contributed by atoms with Gasteiger partial charge in [0.2, 0.25) is 0 Å². The third-order valence-corrected chi connectivity index (χ3v) is 5.54. The predicted octanol–water partition coefficient (Wildman–Crippen LogP) is 5.81. The van der Waals surface area contributed by atoms with Crippen LogP contribution in [0.15, 0.2) is 52.3 Å². The fourth-order valence-corrected chi connectivity index (χ4v) is 3.74. The first-order valence-electron chi connectivity index (χ1n) is 8.34. The van der Waals surface area contributed by atoms with Gasteiger partial charge in [0.25, 0.3) is 5.91 Å². The lowest BCUT2D eigenvalue weighted by molar-refractivity contribution is 0.0932. The molecule has 0 saturated heterocycles. The molecule has 3 aromatic rings. The van der Waals surface area contributed by atoms with Crippen LogP contribution in [0.1, 0.15) is 36.3 Å². The topological polar surface area (TPSA) is 44.9 Å². The molecule has 130 valence electrons. The Kier molecular flexibility index (Phi) is 5.40. The number of benzene rings is 2. The Labute approximate surface area is 157 Å². The van der Waals surface area contributed by atoms with E-state index in [1.165, 1.54) is 0 Å². The summed E-state index contributed by atoms with van der Waals surface area (Å²) in [4.78, 5) is 18.1. The number of rotatable bonds is 5. The van der Waals surface area contributed by atoms with Crippen molar-refractivity contribution in [3.8, 4) is 0 Å². The molecule has 25 heavy (non-hydrogen) atoms. The van der Waals surface area contributed by atoms with E-state index < -0.39 is 0 Å². The molecule has 0 aliphatic rings. The minimum atomic E-state index is -0.0698. The first-order chi connectivity index (χ1) is 12.0. The monoisotopic (exact) mass is 372 g/mol. The summed E-state index contributed by atoms with van der Waals surface area (Å²) in [6.45, 7) is 6.12. The maximum atomic E-state index is 12.8. The van der Waals surface area contributed by atoms with Crippen LogP contribution in [0.4, 0.5) is 0 Å². The van der Waals surface area contributed by atoms with Gasteiger partial charge < -0.3 is 10.3 Å². The van der Waals surface area contributed by atoms with E-state index in [4.69, 9.17) is 11.6 Å². The van der Waals surface area contributed by atoms with Crippen LogP contribution in [0.25, 0.3) is 10.9 Å². The largest absolute Gasteiger partial charge is 0.350 e. The van der Waals surface area contributed by atoms with Gasteiger partial charge in [-0.15, -0.1) is 0 Å². The zero-order valence-corrected chi connectivity index (χ0v) is 16.1. The lowest BCUT2D eigenvalue weighted by atomic mass is 10.2. The van der Waals surface area contributed by atoms with Crippen molar-refractivity contribution in [2.45, 2.75) is 43.0 Å².